The first-order valence-corrected chi connectivity index (χ1v) is 5.70. The molecule has 0 saturated heterocycles. The maximum Gasteiger partial charge on any atom is 0.417 e. The zero-order chi connectivity index (χ0) is 14.2. The van der Waals surface area contributed by atoms with Crippen molar-refractivity contribution in [2.75, 3.05) is 0 Å². The summed E-state index contributed by atoms with van der Waals surface area (Å²) in [6.45, 7) is 1.81. The van der Waals surface area contributed by atoms with Gasteiger partial charge in [-0.2, -0.15) is 13.2 Å². The zero-order valence-corrected chi connectivity index (χ0v) is 10.0. The average molecular weight is 272 g/mol. The molecule has 6 heteroatoms. The minimum Gasteiger partial charge on any atom is -0.508 e. The summed E-state index contributed by atoms with van der Waals surface area (Å²) in [6, 6.07) is 2.72. The topological polar surface area (TPSA) is 50.4 Å². The molecule has 0 aliphatic heterocycles. The van der Waals surface area contributed by atoms with Gasteiger partial charge >= 0.3 is 11.8 Å². The van der Waals surface area contributed by atoms with E-state index in [-0.39, 0.29) is 22.3 Å². The van der Waals surface area contributed by atoms with Gasteiger partial charge in [0.1, 0.15) is 11.3 Å². The third kappa shape index (κ3) is 2.43. The monoisotopic (exact) mass is 272 g/mol. The van der Waals surface area contributed by atoms with E-state index in [4.69, 9.17) is 4.42 Å². The molecule has 1 heterocycles. The van der Waals surface area contributed by atoms with Crippen LogP contribution in [0.3, 0.4) is 0 Å². The minimum atomic E-state index is -4.64. The lowest BCUT2D eigenvalue weighted by Crippen LogP contribution is -2.11. The van der Waals surface area contributed by atoms with Crippen molar-refractivity contribution >= 4 is 11.0 Å². The Kier molecular flexibility index (Phi) is 3.26. The van der Waals surface area contributed by atoms with Crippen molar-refractivity contribution in [2.24, 2.45) is 0 Å². The van der Waals surface area contributed by atoms with Crippen LogP contribution in [-0.2, 0) is 12.6 Å². The van der Waals surface area contributed by atoms with Crippen LogP contribution in [0.15, 0.2) is 27.4 Å². The van der Waals surface area contributed by atoms with E-state index in [1.807, 2.05) is 6.92 Å². The van der Waals surface area contributed by atoms with Gasteiger partial charge in [-0.1, -0.05) is 13.3 Å². The molecular weight excluding hydrogens is 261 g/mol. The van der Waals surface area contributed by atoms with Gasteiger partial charge in [0.05, 0.1) is 5.56 Å². The summed E-state index contributed by atoms with van der Waals surface area (Å²) < 4.78 is 43.5. The minimum absolute atomic E-state index is 0.170. The second kappa shape index (κ2) is 4.60. The Morgan fingerprint density at radius 3 is 2.58 bits per heavy atom. The molecule has 0 aliphatic rings. The van der Waals surface area contributed by atoms with Crippen LogP contribution in [0.2, 0.25) is 0 Å². The molecule has 0 bridgehead atoms. The fourth-order valence-corrected chi connectivity index (χ4v) is 2.00. The average Bonchev–Trinajstić information content (AvgIpc) is 2.31. The number of hydrogen-bond donors (Lipinski definition) is 1. The lowest BCUT2D eigenvalue weighted by molar-refractivity contribution is -0.136. The van der Waals surface area contributed by atoms with E-state index in [0.717, 1.165) is 6.07 Å². The number of fused-ring (bicyclic) bond motifs is 1. The van der Waals surface area contributed by atoms with E-state index < -0.39 is 17.4 Å². The predicted molar refractivity (Wildman–Crippen MR) is 63.1 cm³/mol. The first-order chi connectivity index (χ1) is 8.84. The van der Waals surface area contributed by atoms with Gasteiger partial charge in [-0.25, -0.2) is 4.79 Å². The van der Waals surface area contributed by atoms with Gasteiger partial charge in [-0.15, -0.1) is 0 Å². The van der Waals surface area contributed by atoms with Crippen LogP contribution in [0.4, 0.5) is 13.2 Å². The summed E-state index contributed by atoms with van der Waals surface area (Å²) in [4.78, 5) is 11.3. The molecule has 102 valence electrons. The van der Waals surface area contributed by atoms with Crippen molar-refractivity contribution in [3.8, 4) is 5.75 Å². The Morgan fingerprint density at radius 1 is 1.32 bits per heavy atom. The summed E-state index contributed by atoms with van der Waals surface area (Å²) >= 11 is 0. The second-order valence-corrected chi connectivity index (χ2v) is 4.17. The molecule has 0 spiro atoms. The normalized spacial score (nSPS) is 12.0. The van der Waals surface area contributed by atoms with Crippen molar-refractivity contribution in [3.05, 3.63) is 39.7 Å². The molecule has 1 aromatic carbocycles. The van der Waals surface area contributed by atoms with E-state index in [1.54, 1.807) is 0 Å². The number of halogens is 3. The molecule has 3 nitrogen and oxygen atoms in total. The van der Waals surface area contributed by atoms with E-state index in [1.165, 1.54) is 6.07 Å². The standard InChI is InChI=1S/C13H11F3O3/c1-2-3-8-10(17)5-4-7-9(13(14,15)16)6-11(18)19-12(7)8/h4-6,17H,2-3H2,1H3. The molecule has 0 radical (unpaired) electrons. The number of phenols is 1. The van der Waals surface area contributed by atoms with Gasteiger partial charge in [-0.05, 0) is 18.6 Å². The van der Waals surface area contributed by atoms with Gasteiger partial charge in [0.15, 0.2) is 0 Å². The van der Waals surface area contributed by atoms with Crippen molar-refractivity contribution in [2.45, 2.75) is 25.9 Å². The van der Waals surface area contributed by atoms with Crippen LogP contribution < -0.4 is 5.63 Å². The molecular formula is C13H11F3O3. The molecule has 0 atom stereocenters. The van der Waals surface area contributed by atoms with Crippen molar-refractivity contribution < 1.29 is 22.7 Å². The lowest BCUT2D eigenvalue weighted by atomic mass is 10.0. The van der Waals surface area contributed by atoms with Crippen LogP contribution in [0.5, 0.6) is 5.75 Å². The van der Waals surface area contributed by atoms with Gasteiger partial charge in [0, 0.05) is 17.0 Å². The molecule has 2 aromatic rings. The molecule has 0 fully saturated rings. The largest absolute Gasteiger partial charge is 0.508 e. The number of aryl methyl sites for hydroxylation is 1. The molecule has 2 rings (SSSR count). The SMILES string of the molecule is CCCc1c(O)ccc2c(C(F)(F)F)cc(=O)oc12. The molecule has 0 saturated carbocycles. The first kappa shape index (κ1) is 13.5. The molecule has 0 amide bonds. The highest BCUT2D eigenvalue weighted by Crippen LogP contribution is 2.37. The Morgan fingerprint density at radius 2 is 2.00 bits per heavy atom. The van der Waals surface area contributed by atoms with Crippen molar-refractivity contribution in [1.82, 2.24) is 0 Å². The second-order valence-electron chi connectivity index (χ2n) is 4.17. The highest BCUT2D eigenvalue weighted by Gasteiger charge is 2.34. The molecule has 1 N–H and O–H groups in total. The van der Waals surface area contributed by atoms with E-state index in [9.17, 15) is 23.1 Å². The predicted octanol–water partition coefficient (Wildman–Crippen LogP) is 3.47. The van der Waals surface area contributed by atoms with Crippen molar-refractivity contribution in [3.63, 3.8) is 0 Å². The Hall–Kier alpha value is -1.98. The van der Waals surface area contributed by atoms with Crippen LogP contribution in [0.1, 0.15) is 24.5 Å². The number of aromatic hydroxyl groups is 1. The molecule has 0 aliphatic carbocycles. The van der Waals surface area contributed by atoms with E-state index in [0.29, 0.717) is 18.9 Å². The van der Waals surface area contributed by atoms with Crippen molar-refractivity contribution in [1.29, 1.82) is 0 Å². The summed E-state index contributed by atoms with van der Waals surface area (Å²) in [7, 11) is 0. The number of benzene rings is 1. The van der Waals surface area contributed by atoms with Crippen LogP contribution in [0, 0.1) is 0 Å². The highest BCUT2D eigenvalue weighted by molar-refractivity contribution is 5.85. The lowest BCUT2D eigenvalue weighted by Gasteiger charge is -2.12. The third-order valence-electron chi connectivity index (χ3n) is 2.80. The number of hydrogen-bond acceptors (Lipinski definition) is 3. The van der Waals surface area contributed by atoms with Crippen LogP contribution in [0.25, 0.3) is 11.0 Å². The molecule has 19 heavy (non-hydrogen) atoms. The first-order valence-electron chi connectivity index (χ1n) is 5.70. The summed E-state index contributed by atoms with van der Waals surface area (Å²) in [5.41, 5.74) is -2.09. The van der Waals surface area contributed by atoms with E-state index in [2.05, 4.69) is 0 Å². The highest BCUT2D eigenvalue weighted by atomic mass is 19.4. The number of alkyl halides is 3. The number of rotatable bonds is 2. The van der Waals surface area contributed by atoms with E-state index >= 15 is 0 Å². The quantitative estimate of drug-likeness (QED) is 0.851. The van der Waals surface area contributed by atoms with Gasteiger partial charge in [0.25, 0.3) is 0 Å². The fourth-order valence-electron chi connectivity index (χ4n) is 2.00. The molecule has 1 aromatic heterocycles. The van der Waals surface area contributed by atoms with Gasteiger partial charge in [0.2, 0.25) is 0 Å². The summed E-state index contributed by atoms with van der Waals surface area (Å²) in [5, 5.41) is 9.47. The smallest absolute Gasteiger partial charge is 0.417 e. The zero-order valence-electron chi connectivity index (χ0n) is 10.0. The van der Waals surface area contributed by atoms with Crippen LogP contribution in [-0.4, -0.2) is 5.11 Å². The fraction of sp³-hybridized carbons (Fsp3) is 0.308. The Labute approximate surface area is 106 Å². The third-order valence-corrected chi connectivity index (χ3v) is 2.80. The Balaban J connectivity index is 2.89. The summed E-state index contributed by atoms with van der Waals surface area (Å²) in [6.07, 6.45) is -3.71. The summed E-state index contributed by atoms with van der Waals surface area (Å²) in [5.74, 6) is -0.170. The maximum absolute atomic E-state index is 12.9. The Bertz CT molecular complexity index is 671. The molecule has 0 unspecified atom stereocenters. The van der Waals surface area contributed by atoms with Crippen LogP contribution >= 0.6 is 0 Å². The van der Waals surface area contributed by atoms with Gasteiger partial charge in [-0.3, -0.25) is 0 Å². The van der Waals surface area contributed by atoms with Gasteiger partial charge < -0.3 is 9.52 Å². The number of phenolic OH excluding ortho intramolecular Hbond substituents is 1. The maximum atomic E-state index is 12.9.